The zero-order valence-corrected chi connectivity index (χ0v) is 7.87. The second-order valence-electron chi connectivity index (χ2n) is 3.15. The molecule has 13 heavy (non-hydrogen) atoms. The van der Waals surface area contributed by atoms with E-state index in [-0.39, 0.29) is 12.1 Å². The summed E-state index contributed by atoms with van der Waals surface area (Å²) in [7, 11) is 0. The van der Waals surface area contributed by atoms with Crippen LogP contribution in [0.1, 0.15) is 10.9 Å². The fourth-order valence-corrected chi connectivity index (χ4v) is 2.27. The maximum Gasteiger partial charge on any atom is 0.133 e. The first-order valence-corrected chi connectivity index (χ1v) is 5.04. The van der Waals surface area contributed by atoms with Crippen molar-refractivity contribution in [2.75, 3.05) is 13.1 Å². The largest absolute Gasteiger partial charge is 0.390 e. The first-order chi connectivity index (χ1) is 6.31. The average Bonchev–Trinajstić information content (AvgIpc) is 2.55. The van der Waals surface area contributed by atoms with Crippen LogP contribution >= 0.6 is 11.3 Å². The summed E-state index contributed by atoms with van der Waals surface area (Å²) in [6, 6.07) is 6.00. The highest BCUT2D eigenvalue weighted by molar-refractivity contribution is 7.10. The highest BCUT2D eigenvalue weighted by Gasteiger charge is 2.32. The van der Waals surface area contributed by atoms with Crippen molar-refractivity contribution in [3.05, 3.63) is 22.4 Å². The first kappa shape index (κ1) is 8.70. The van der Waals surface area contributed by atoms with E-state index in [2.05, 4.69) is 6.07 Å². The Morgan fingerprint density at radius 1 is 1.69 bits per heavy atom. The van der Waals surface area contributed by atoms with Crippen LogP contribution in [0.5, 0.6) is 0 Å². The van der Waals surface area contributed by atoms with Crippen LogP contribution < -0.4 is 0 Å². The minimum atomic E-state index is -0.240. The van der Waals surface area contributed by atoms with Gasteiger partial charge in [-0.3, -0.25) is 4.90 Å². The fourth-order valence-electron chi connectivity index (χ4n) is 1.47. The van der Waals surface area contributed by atoms with Gasteiger partial charge < -0.3 is 5.11 Å². The standard InChI is InChI=1S/C9H10N2OS/c10-4-8(9-2-1-3-13-9)11-5-7(12)6-11/h1-3,7-8,12H,5-6H2/t8-/m1/s1. The third-order valence-electron chi connectivity index (χ3n) is 2.19. The van der Waals surface area contributed by atoms with E-state index in [1.54, 1.807) is 11.3 Å². The molecule has 1 fully saturated rings. The van der Waals surface area contributed by atoms with Gasteiger partial charge in [-0.05, 0) is 11.4 Å². The molecule has 0 aromatic carbocycles. The normalized spacial score (nSPS) is 20.6. The molecular weight excluding hydrogens is 184 g/mol. The topological polar surface area (TPSA) is 47.3 Å². The van der Waals surface area contributed by atoms with Gasteiger partial charge in [0.15, 0.2) is 0 Å². The minimum Gasteiger partial charge on any atom is -0.390 e. The van der Waals surface area contributed by atoms with E-state index in [9.17, 15) is 0 Å². The van der Waals surface area contributed by atoms with Crippen molar-refractivity contribution >= 4 is 11.3 Å². The number of likely N-dealkylation sites (tertiary alicyclic amines) is 1. The van der Waals surface area contributed by atoms with Crippen LogP contribution in [0.25, 0.3) is 0 Å². The quantitative estimate of drug-likeness (QED) is 0.763. The van der Waals surface area contributed by atoms with Gasteiger partial charge in [-0.2, -0.15) is 5.26 Å². The molecule has 1 aromatic heterocycles. The van der Waals surface area contributed by atoms with Gasteiger partial charge in [0, 0.05) is 18.0 Å². The molecule has 0 radical (unpaired) electrons. The van der Waals surface area contributed by atoms with Crippen molar-refractivity contribution in [1.29, 1.82) is 5.26 Å². The van der Waals surface area contributed by atoms with Crippen LogP contribution in [0.3, 0.4) is 0 Å². The zero-order valence-electron chi connectivity index (χ0n) is 7.05. The molecule has 1 aliphatic rings. The lowest BCUT2D eigenvalue weighted by molar-refractivity contribution is -0.0120. The lowest BCUT2D eigenvalue weighted by Gasteiger charge is -2.38. The van der Waals surface area contributed by atoms with Gasteiger partial charge in [0.05, 0.1) is 12.2 Å². The lowest BCUT2D eigenvalue weighted by atomic mass is 10.1. The summed E-state index contributed by atoms with van der Waals surface area (Å²) in [5.74, 6) is 0. The summed E-state index contributed by atoms with van der Waals surface area (Å²) in [4.78, 5) is 3.05. The van der Waals surface area contributed by atoms with E-state index in [4.69, 9.17) is 10.4 Å². The predicted molar refractivity (Wildman–Crippen MR) is 50.3 cm³/mol. The molecule has 68 valence electrons. The molecule has 1 aromatic rings. The van der Waals surface area contributed by atoms with Crippen molar-refractivity contribution < 1.29 is 5.11 Å². The van der Waals surface area contributed by atoms with Crippen LogP contribution in [0.4, 0.5) is 0 Å². The first-order valence-electron chi connectivity index (χ1n) is 4.16. The van der Waals surface area contributed by atoms with Crippen molar-refractivity contribution in [2.45, 2.75) is 12.1 Å². The number of thiophene rings is 1. The highest BCUT2D eigenvalue weighted by Crippen LogP contribution is 2.28. The molecule has 0 saturated carbocycles. The number of aliphatic hydroxyl groups excluding tert-OH is 1. The average molecular weight is 194 g/mol. The minimum absolute atomic E-state index is 0.164. The molecule has 1 N–H and O–H groups in total. The molecule has 4 heteroatoms. The van der Waals surface area contributed by atoms with Crippen molar-refractivity contribution in [3.63, 3.8) is 0 Å². The van der Waals surface area contributed by atoms with Gasteiger partial charge in [0.1, 0.15) is 6.04 Å². The number of β-amino-alcohol motifs (C(OH)–C–C–N with tert-alkyl or cyclic N) is 1. The van der Waals surface area contributed by atoms with Crippen LogP contribution in [-0.4, -0.2) is 29.2 Å². The van der Waals surface area contributed by atoms with Crippen LogP contribution in [-0.2, 0) is 0 Å². The van der Waals surface area contributed by atoms with E-state index in [0.717, 1.165) is 4.88 Å². The Bertz CT molecular complexity index is 311. The van der Waals surface area contributed by atoms with Gasteiger partial charge >= 0.3 is 0 Å². The molecule has 0 aliphatic carbocycles. The maximum absolute atomic E-state index is 9.11. The van der Waals surface area contributed by atoms with Crippen LogP contribution in [0.15, 0.2) is 17.5 Å². The SMILES string of the molecule is N#C[C@H](c1cccs1)N1CC(O)C1. The third-order valence-corrected chi connectivity index (χ3v) is 3.12. The van der Waals surface area contributed by atoms with E-state index in [1.807, 2.05) is 22.4 Å². The number of hydrogen-bond donors (Lipinski definition) is 1. The molecular formula is C9H10N2OS. The van der Waals surface area contributed by atoms with Crippen molar-refractivity contribution in [1.82, 2.24) is 4.90 Å². The monoisotopic (exact) mass is 194 g/mol. The maximum atomic E-state index is 9.11. The van der Waals surface area contributed by atoms with E-state index < -0.39 is 0 Å². The summed E-state index contributed by atoms with van der Waals surface area (Å²) in [6.07, 6.45) is -0.240. The molecule has 2 heterocycles. The molecule has 3 nitrogen and oxygen atoms in total. The van der Waals surface area contributed by atoms with Crippen molar-refractivity contribution in [3.8, 4) is 6.07 Å². The third kappa shape index (κ3) is 1.59. The molecule has 0 bridgehead atoms. The van der Waals surface area contributed by atoms with Gasteiger partial charge in [0.25, 0.3) is 0 Å². The number of nitrogens with zero attached hydrogens (tertiary/aromatic N) is 2. The van der Waals surface area contributed by atoms with E-state index >= 15 is 0 Å². The summed E-state index contributed by atoms with van der Waals surface area (Å²) in [5, 5.41) is 20.0. The molecule has 1 atom stereocenters. The Kier molecular flexibility index (Phi) is 2.32. The Balaban J connectivity index is 2.08. The summed E-state index contributed by atoms with van der Waals surface area (Å²) >= 11 is 1.59. The van der Waals surface area contributed by atoms with Gasteiger partial charge in [-0.1, -0.05) is 6.07 Å². The Morgan fingerprint density at radius 3 is 2.92 bits per heavy atom. The Morgan fingerprint density at radius 2 is 2.46 bits per heavy atom. The van der Waals surface area contributed by atoms with Gasteiger partial charge in [-0.15, -0.1) is 11.3 Å². The smallest absolute Gasteiger partial charge is 0.133 e. The lowest BCUT2D eigenvalue weighted by Crippen LogP contribution is -2.51. The van der Waals surface area contributed by atoms with Crippen molar-refractivity contribution in [2.24, 2.45) is 0 Å². The summed E-state index contributed by atoms with van der Waals surface area (Å²) in [5.41, 5.74) is 0. The molecule has 0 amide bonds. The highest BCUT2D eigenvalue weighted by atomic mass is 32.1. The molecule has 1 aliphatic heterocycles. The Hall–Kier alpha value is -0.890. The molecule has 1 saturated heterocycles. The Labute approximate surface area is 80.8 Å². The van der Waals surface area contributed by atoms with Crippen LogP contribution in [0, 0.1) is 11.3 Å². The predicted octanol–water partition coefficient (Wildman–Crippen LogP) is 0.989. The second-order valence-corrected chi connectivity index (χ2v) is 4.13. The van der Waals surface area contributed by atoms with Gasteiger partial charge in [0.2, 0.25) is 0 Å². The fraction of sp³-hybridized carbons (Fsp3) is 0.444. The zero-order chi connectivity index (χ0) is 9.26. The van der Waals surface area contributed by atoms with E-state index in [1.165, 1.54) is 0 Å². The summed E-state index contributed by atoms with van der Waals surface area (Å²) in [6.45, 7) is 1.24. The molecule has 0 spiro atoms. The number of rotatable bonds is 2. The molecule has 0 unspecified atom stereocenters. The van der Waals surface area contributed by atoms with Gasteiger partial charge in [-0.25, -0.2) is 0 Å². The molecule has 2 rings (SSSR count). The second kappa shape index (κ2) is 3.46. The van der Waals surface area contributed by atoms with Crippen LogP contribution in [0.2, 0.25) is 0 Å². The number of aliphatic hydroxyl groups is 1. The van der Waals surface area contributed by atoms with E-state index in [0.29, 0.717) is 13.1 Å². The number of hydrogen-bond acceptors (Lipinski definition) is 4. The number of nitriles is 1. The summed E-state index contributed by atoms with van der Waals surface area (Å²) < 4.78 is 0.